The van der Waals surface area contributed by atoms with Gasteiger partial charge in [-0.3, -0.25) is 4.79 Å². The van der Waals surface area contributed by atoms with Crippen LogP contribution >= 0.6 is 0 Å². The first-order valence-electron chi connectivity index (χ1n) is 5.14. The Bertz CT molecular complexity index is 171. The standard InChI is InChI=1S/C10H23N3O/c1-8(2)13(5)7-6-12-9(3)10(14)11-4/h8-9,12H,6-7H2,1-5H3,(H,11,14). The van der Waals surface area contributed by atoms with Crippen molar-refractivity contribution >= 4 is 5.91 Å². The summed E-state index contributed by atoms with van der Waals surface area (Å²) in [6.45, 7) is 7.97. The molecular formula is C10H23N3O. The Morgan fingerprint density at radius 1 is 1.36 bits per heavy atom. The van der Waals surface area contributed by atoms with Crippen molar-refractivity contribution in [2.24, 2.45) is 0 Å². The predicted molar refractivity (Wildman–Crippen MR) is 59.3 cm³/mol. The molecule has 0 aromatic heterocycles. The van der Waals surface area contributed by atoms with Crippen molar-refractivity contribution in [3.8, 4) is 0 Å². The molecule has 0 aliphatic heterocycles. The van der Waals surface area contributed by atoms with E-state index in [2.05, 4.69) is 36.4 Å². The Morgan fingerprint density at radius 3 is 2.36 bits per heavy atom. The van der Waals surface area contributed by atoms with Crippen LogP contribution in [-0.4, -0.2) is 50.1 Å². The first kappa shape index (κ1) is 13.4. The maximum atomic E-state index is 11.1. The topological polar surface area (TPSA) is 44.4 Å². The molecule has 4 nitrogen and oxygen atoms in total. The van der Waals surface area contributed by atoms with Gasteiger partial charge in [0.25, 0.3) is 0 Å². The van der Waals surface area contributed by atoms with Crippen molar-refractivity contribution < 1.29 is 4.79 Å². The normalized spacial score (nSPS) is 13.4. The van der Waals surface area contributed by atoms with Gasteiger partial charge >= 0.3 is 0 Å². The monoisotopic (exact) mass is 201 g/mol. The summed E-state index contributed by atoms with van der Waals surface area (Å²) in [4.78, 5) is 13.4. The van der Waals surface area contributed by atoms with E-state index in [1.165, 1.54) is 0 Å². The number of rotatable bonds is 6. The molecule has 0 heterocycles. The first-order valence-corrected chi connectivity index (χ1v) is 5.14. The number of likely N-dealkylation sites (N-methyl/N-ethyl adjacent to an activating group) is 2. The molecule has 0 aromatic rings. The largest absolute Gasteiger partial charge is 0.358 e. The fraction of sp³-hybridized carbons (Fsp3) is 0.900. The minimum absolute atomic E-state index is 0.0391. The molecule has 0 saturated heterocycles. The van der Waals surface area contributed by atoms with Gasteiger partial charge in [-0.2, -0.15) is 0 Å². The lowest BCUT2D eigenvalue weighted by atomic mass is 10.3. The zero-order valence-electron chi connectivity index (χ0n) is 9.92. The molecule has 0 rings (SSSR count). The van der Waals surface area contributed by atoms with Crippen molar-refractivity contribution in [2.75, 3.05) is 27.2 Å². The summed E-state index contributed by atoms with van der Waals surface area (Å²) >= 11 is 0. The smallest absolute Gasteiger partial charge is 0.236 e. The number of nitrogens with one attached hydrogen (secondary N) is 2. The van der Waals surface area contributed by atoms with Crippen molar-refractivity contribution in [1.29, 1.82) is 0 Å². The molecule has 4 heteroatoms. The number of hydrogen-bond donors (Lipinski definition) is 2. The lowest BCUT2D eigenvalue weighted by Crippen LogP contribution is -2.44. The van der Waals surface area contributed by atoms with Crippen LogP contribution in [0.1, 0.15) is 20.8 Å². The van der Waals surface area contributed by atoms with Gasteiger partial charge in [0.2, 0.25) is 5.91 Å². The van der Waals surface area contributed by atoms with Gasteiger partial charge in [-0.25, -0.2) is 0 Å². The third kappa shape index (κ3) is 5.19. The van der Waals surface area contributed by atoms with E-state index in [1.54, 1.807) is 7.05 Å². The average Bonchev–Trinajstić information content (AvgIpc) is 2.15. The molecule has 0 fully saturated rings. The molecule has 0 aromatic carbocycles. The summed E-state index contributed by atoms with van der Waals surface area (Å²) in [7, 11) is 3.73. The summed E-state index contributed by atoms with van der Waals surface area (Å²) < 4.78 is 0. The number of nitrogens with zero attached hydrogens (tertiary/aromatic N) is 1. The van der Waals surface area contributed by atoms with Crippen molar-refractivity contribution in [3.05, 3.63) is 0 Å². The molecule has 1 amide bonds. The Balaban J connectivity index is 3.58. The molecule has 0 saturated carbocycles. The molecule has 1 atom stereocenters. The lowest BCUT2D eigenvalue weighted by molar-refractivity contribution is -0.122. The summed E-state index contributed by atoms with van der Waals surface area (Å²) in [5.74, 6) is 0.0391. The van der Waals surface area contributed by atoms with E-state index in [1.807, 2.05) is 6.92 Å². The number of hydrogen-bond acceptors (Lipinski definition) is 3. The SMILES string of the molecule is CNC(=O)C(C)NCCN(C)C(C)C. The van der Waals surface area contributed by atoms with Gasteiger partial charge in [0.15, 0.2) is 0 Å². The van der Waals surface area contributed by atoms with Crippen LogP contribution in [0.4, 0.5) is 0 Å². The van der Waals surface area contributed by atoms with Crippen LogP contribution in [0.15, 0.2) is 0 Å². The van der Waals surface area contributed by atoms with Crippen LogP contribution in [0.25, 0.3) is 0 Å². The highest BCUT2D eigenvalue weighted by atomic mass is 16.2. The van der Waals surface area contributed by atoms with E-state index < -0.39 is 0 Å². The van der Waals surface area contributed by atoms with E-state index in [4.69, 9.17) is 0 Å². The third-order valence-electron chi connectivity index (χ3n) is 2.44. The highest BCUT2D eigenvalue weighted by Gasteiger charge is 2.09. The second-order valence-electron chi connectivity index (χ2n) is 3.86. The van der Waals surface area contributed by atoms with E-state index in [0.29, 0.717) is 6.04 Å². The van der Waals surface area contributed by atoms with Crippen molar-refractivity contribution in [1.82, 2.24) is 15.5 Å². The molecule has 0 radical (unpaired) electrons. The lowest BCUT2D eigenvalue weighted by Gasteiger charge is -2.22. The van der Waals surface area contributed by atoms with Crippen LogP contribution in [0.5, 0.6) is 0 Å². The van der Waals surface area contributed by atoms with Crippen LogP contribution in [0, 0.1) is 0 Å². The Kier molecular flexibility index (Phi) is 6.49. The minimum atomic E-state index is -0.111. The van der Waals surface area contributed by atoms with Crippen LogP contribution in [0.2, 0.25) is 0 Å². The van der Waals surface area contributed by atoms with Gasteiger partial charge in [0.1, 0.15) is 0 Å². The van der Waals surface area contributed by atoms with Crippen molar-refractivity contribution in [2.45, 2.75) is 32.9 Å². The fourth-order valence-electron chi connectivity index (χ4n) is 1.02. The zero-order chi connectivity index (χ0) is 11.1. The van der Waals surface area contributed by atoms with E-state index >= 15 is 0 Å². The Morgan fingerprint density at radius 2 is 1.93 bits per heavy atom. The first-order chi connectivity index (χ1) is 6.49. The van der Waals surface area contributed by atoms with Gasteiger partial charge in [-0.15, -0.1) is 0 Å². The maximum Gasteiger partial charge on any atom is 0.236 e. The number of amides is 1. The third-order valence-corrected chi connectivity index (χ3v) is 2.44. The van der Waals surface area contributed by atoms with Gasteiger partial charge in [0, 0.05) is 26.2 Å². The molecule has 14 heavy (non-hydrogen) atoms. The molecule has 84 valence electrons. The second kappa shape index (κ2) is 6.79. The number of carbonyl (C=O) groups excluding carboxylic acids is 1. The van der Waals surface area contributed by atoms with E-state index in [0.717, 1.165) is 13.1 Å². The summed E-state index contributed by atoms with van der Waals surface area (Å²) in [5.41, 5.74) is 0. The molecule has 0 bridgehead atoms. The summed E-state index contributed by atoms with van der Waals surface area (Å²) in [6.07, 6.45) is 0. The molecule has 0 aliphatic carbocycles. The Labute approximate surface area is 87.0 Å². The highest BCUT2D eigenvalue weighted by molar-refractivity contribution is 5.80. The van der Waals surface area contributed by atoms with E-state index in [-0.39, 0.29) is 11.9 Å². The molecule has 1 unspecified atom stereocenters. The van der Waals surface area contributed by atoms with Gasteiger partial charge in [-0.05, 0) is 27.8 Å². The zero-order valence-corrected chi connectivity index (χ0v) is 9.92. The number of carbonyl (C=O) groups is 1. The molecule has 0 spiro atoms. The van der Waals surface area contributed by atoms with Crippen LogP contribution in [0.3, 0.4) is 0 Å². The minimum Gasteiger partial charge on any atom is -0.358 e. The van der Waals surface area contributed by atoms with Crippen LogP contribution in [-0.2, 0) is 4.79 Å². The Hall–Kier alpha value is -0.610. The highest BCUT2D eigenvalue weighted by Crippen LogP contribution is 1.91. The van der Waals surface area contributed by atoms with Crippen molar-refractivity contribution in [3.63, 3.8) is 0 Å². The summed E-state index contributed by atoms with van der Waals surface area (Å²) in [6, 6.07) is 0.438. The van der Waals surface area contributed by atoms with Gasteiger partial charge < -0.3 is 15.5 Å². The predicted octanol–water partition coefficient (Wildman–Crippen LogP) is 0.0507. The van der Waals surface area contributed by atoms with Gasteiger partial charge in [0.05, 0.1) is 6.04 Å². The quantitative estimate of drug-likeness (QED) is 0.638. The van der Waals surface area contributed by atoms with Crippen LogP contribution < -0.4 is 10.6 Å². The second-order valence-corrected chi connectivity index (χ2v) is 3.86. The summed E-state index contributed by atoms with van der Waals surface area (Å²) in [5, 5.41) is 5.78. The van der Waals surface area contributed by atoms with Gasteiger partial charge in [-0.1, -0.05) is 0 Å². The molecular weight excluding hydrogens is 178 g/mol. The fourth-order valence-corrected chi connectivity index (χ4v) is 1.02. The molecule has 0 aliphatic rings. The van der Waals surface area contributed by atoms with E-state index in [9.17, 15) is 4.79 Å². The average molecular weight is 201 g/mol. The maximum absolute atomic E-state index is 11.1. The molecule has 2 N–H and O–H groups in total.